The predicted octanol–water partition coefficient (Wildman–Crippen LogP) is 5.06. The van der Waals surface area contributed by atoms with Crippen molar-refractivity contribution in [3.05, 3.63) is 96.1 Å². The molecule has 1 aliphatic rings. The van der Waals surface area contributed by atoms with Crippen molar-refractivity contribution in [3.8, 4) is 5.75 Å². The highest BCUT2D eigenvalue weighted by Crippen LogP contribution is 2.25. The van der Waals surface area contributed by atoms with Gasteiger partial charge in [0.15, 0.2) is 0 Å². The lowest BCUT2D eigenvalue weighted by Gasteiger charge is -2.31. The number of rotatable bonds is 7. The molecule has 0 saturated carbocycles. The Hall–Kier alpha value is -3.90. The molecule has 0 bridgehead atoms. The van der Waals surface area contributed by atoms with E-state index in [1.807, 2.05) is 37.3 Å². The van der Waals surface area contributed by atoms with Crippen LogP contribution in [0.3, 0.4) is 0 Å². The summed E-state index contributed by atoms with van der Waals surface area (Å²) in [7, 11) is 1.56. The van der Waals surface area contributed by atoms with Gasteiger partial charge in [-0.2, -0.15) is 0 Å². The van der Waals surface area contributed by atoms with Gasteiger partial charge >= 0.3 is 0 Å². The summed E-state index contributed by atoms with van der Waals surface area (Å²) in [5.41, 5.74) is 4.32. The van der Waals surface area contributed by atoms with Crippen molar-refractivity contribution in [1.82, 2.24) is 4.90 Å². The molecule has 0 aliphatic carbocycles. The quantitative estimate of drug-likeness (QED) is 0.522. The maximum absolute atomic E-state index is 12.8. The van der Waals surface area contributed by atoms with Crippen molar-refractivity contribution >= 4 is 28.8 Å². The van der Waals surface area contributed by atoms with Gasteiger partial charge in [0.1, 0.15) is 5.75 Å². The summed E-state index contributed by atoms with van der Waals surface area (Å²) < 4.78 is 5.28. The van der Waals surface area contributed by atoms with Crippen LogP contribution in [0, 0.1) is 0 Å². The SMILES string of the molecule is COc1ccccc1NC(=O)c1ccc(NC(=O)[C@@H](C)N2CC=C(c3ccccc3)CC2)cc1. The number of hydrogen-bond acceptors (Lipinski definition) is 4. The Morgan fingerprint density at radius 3 is 2.29 bits per heavy atom. The molecule has 0 fully saturated rings. The fourth-order valence-corrected chi connectivity index (χ4v) is 4.01. The number of ether oxygens (including phenoxy) is 1. The Morgan fingerprint density at radius 1 is 0.912 bits per heavy atom. The molecule has 1 aliphatic heterocycles. The van der Waals surface area contributed by atoms with Gasteiger partial charge < -0.3 is 15.4 Å². The fraction of sp³-hybridized carbons (Fsp3) is 0.214. The van der Waals surface area contributed by atoms with Crippen LogP contribution in [0.5, 0.6) is 5.75 Å². The van der Waals surface area contributed by atoms with E-state index in [0.29, 0.717) is 22.7 Å². The Labute approximate surface area is 200 Å². The average molecular weight is 456 g/mol. The zero-order valence-corrected chi connectivity index (χ0v) is 19.5. The van der Waals surface area contributed by atoms with E-state index >= 15 is 0 Å². The monoisotopic (exact) mass is 455 g/mol. The Balaban J connectivity index is 1.33. The first-order valence-electron chi connectivity index (χ1n) is 11.4. The first kappa shape index (κ1) is 23.3. The molecule has 0 saturated heterocycles. The lowest BCUT2D eigenvalue weighted by atomic mass is 9.99. The third-order valence-corrected chi connectivity index (χ3v) is 6.08. The molecule has 2 amide bonds. The van der Waals surface area contributed by atoms with E-state index in [2.05, 4.69) is 33.7 Å². The molecule has 174 valence electrons. The molecule has 2 N–H and O–H groups in total. The van der Waals surface area contributed by atoms with Gasteiger partial charge in [-0.25, -0.2) is 0 Å². The van der Waals surface area contributed by atoms with Crippen molar-refractivity contribution in [2.24, 2.45) is 0 Å². The van der Waals surface area contributed by atoms with Gasteiger partial charge in [-0.1, -0.05) is 48.5 Å². The molecule has 1 heterocycles. The Morgan fingerprint density at radius 2 is 1.62 bits per heavy atom. The van der Waals surface area contributed by atoms with E-state index in [1.54, 1.807) is 43.5 Å². The number of carbonyl (C=O) groups is 2. The van der Waals surface area contributed by atoms with Crippen LogP contribution >= 0.6 is 0 Å². The van der Waals surface area contributed by atoms with Crippen LogP contribution in [-0.4, -0.2) is 43.0 Å². The fourth-order valence-electron chi connectivity index (χ4n) is 4.01. The van der Waals surface area contributed by atoms with Crippen LogP contribution in [0.2, 0.25) is 0 Å². The first-order chi connectivity index (χ1) is 16.5. The predicted molar refractivity (Wildman–Crippen MR) is 136 cm³/mol. The van der Waals surface area contributed by atoms with Crippen molar-refractivity contribution in [2.75, 3.05) is 30.8 Å². The summed E-state index contributed by atoms with van der Waals surface area (Å²) >= 11 is 0. The summed E-state index contributed by atoms with van der Waals surface area (Å²) in [6.45, 7) is 3.49. The average Bonchev–Trinajstić information content (AvgIpc) is 2.89. The molecular formula is C28H29N3O3. The maximum atomic E-state index is 12.8. The summed E-state index contributed by atoms with van der Waals surface area (Å²) in [6, 6.07) is 24.2. The zero-order chi connectivity index (χ0) is 23.9. The Kier molecular flexibility index (Phi) is 7.40. The van der Waals surface area contributed by atoms with Crippen molar-refractivity contribution in [3.63, 3.8) is 0 Å². The van der Waals surface area contributed by atoms with Crippen molar-refractivity contribution in [2.45, 2.75) is 19.4 Å². The lowest BCUT2D eigenvalue weighted by molar-refractivity contribution is -0.120. The topological polar surface area (TPSA) is 70.7 Å². The molecular weight excluding hydrogens is 426 g/mol. The molecule has 0 aromatic heterocycles. The van der Waals surface area contributed by atoms with Crippen molar-refractivity contribution < 1.29 is 14.3 Å². The van der Waals surface area contributed by atoms with Gasteiger partial charge in [-0.05, 0) is 60.9 Å². The van der Waals surface area contributed by atoms with Gasteiger partial charge in [0.2, 0.25) is 5.91 Å². The largest absolute Gasteiger partial charge is 0.495 e. The molecule has 0 unspecified atom stereocenters. The van der Waals surface area contributed by atoms with Gasteiger partial charge in [-0.15, -0.1) is 0 Å². The van der Waals surface area contributed by atoms with Crippen molar-refractivity contribution in [1.29, 1.82) is 0 Å². The maximum Gasteiger partial charge on any atom is 0.255 e. The number of anilines is 2. The first-order valence-corrected chi connectivity index (χ1v) is 11.4. The van der Waals surface area contributed by atoms with E-state index in [-0.39, 0.29) is 17.9 Å². The number of hydrogen-bond donors (Lipinski definition) is 2. The molecule has 0 radical (unpaired) electrons. The summed E-state index contributed by atoms with van der Waals surface area (Å²) in [5, 5.41) is 5.81. The van der Waals surface area contributed by atoms with E-state index in [4.69, 9.17) is 4.74 Å². The normalized spacial score (nSPS) is 14.6. The molecule has 6 heteroatoms. The minimum absolute atomic E-state index is 0.0669. The highest BCUT2D eigenvalue weighted by Gasteiger charge is 2.23. The highest BCUT2D eigenvalue weighted by atomic mass is 16.5. The number of para-hydroxylation sites is 2. The number of methoxy groups -OCH3 is 1. The second-order valence-electron chi connectivity index (χ2n) is 8.24. The van der Waals surface area contributed by atoms with E-state index in [0.717, 1.165) is 19.5 Å². The summed E-state index contributed by atoms with van der Waals surface area (Å²) in [5.74, 6) is 0.282. The summed E-state index contributed by atoms with van der Waals surface area (Å²) in [6.07, 6.45) is 3.12. The van der Waals surface area contributed by atoms with Gasteiger partial charge in [0.05, 0.1) is 18.8 Å². The van der Waals surface area contributed by atoms with Crippen LogP contribution in [0.1, 0.15) is 29.3 Å². The Bertz CT molecular complexity index is 1170. The molecule has 3 aromatic carbocycles. The van der Waals surface area contributed by atoms with Crippen LogP contribution in [-0.2, 0) is 4.79 Å². The van der Waals surface area contributed by atoms with Crippen LogP contribution < -0.4 is 15.4 Å². The van der Waals surface area contributed by atoms with E-state index in [9.17, 15) is 9.59 Å². The number of carbonyl (C=O) groups excluding carboxylic acids is 2. The number of benzene rings is 3. The van der Waals surface area contributed by atoms with E-state index in [1.165, 1.54) is 11.1 Å². The minimum atomic E-state index is -0.262. The smallest absolute Gasteiger partial charge is 0.255 e. The molecule has 4 rings (SSSR count). The number of nitrogens with zero attached hydrogens (tertiary/aromatic N) is 1. The third-order valence-electron chi connectivity index (χ3n) is 6.08. The van der Waals surface area contributed by atoms with Crippen LogP contribution in [0.25, 0.3) is 5.57 Å². The highest BCUT2D eigenvalue weighted by molar-refractivity contribution is 6.05. The molecule has 34 heavy (non-hydrogen) atoms. The summed E-state index contributed by atoms with van der Waals surface area (Å²) in [4.78, 5) is 27.6. The minimum Gasteiger partial charge on any atom is -0.495 e. The molecule has 0 spiro atoms. The van der Waals surface area contributed by atoms with Gasteiger partial charge in [0, 0.05) is 24.3 Å². The molecule has 1 atom stereocenters. The zero-order valence-electron chi connectivity index (χ0n) is 19.5. The molecule has 6 nitrogen and oxygen atoms in total. The number of nitrogens with one attached hydrogen (secondary N) is 2. The van der Waals surface area contributed by atoms with Gasteiger partial charge in [-0.3, -0.25) is 14.5 Å². The molecule has 3 aromatic rings. The second kappa shape index (κ2) is 10.8. The van der Waals surface area contributed by atoms with Gasteiger partial charge in [0.25, 0.3) is 5.91 Å². The standard InChI is InChI=1S/C28H29N3O3/c1-20(31-18-16-22(17-19-31)21-8-4-3-5-9-21)27(32)29-24-14-12-23(13-15-24)28(33)30-25-10-6-7-11-26(25)34-2/h3-16,20H,17-19H2,1-2H3,(H,29,32)(H,30,33)/t20-/m1/s1. The van der Waals surface area contributed by atoms with Crippen LogP contribution in [0.15, 0.2) is 84.9 Å². The van der Waals surface area contributed by atoms with E-state index < -0.39 is 0 Å². The second-order valence-corrected chi connectivity index (χ2v) is 8.24. The number of amides is 2. The van der Waals surface area contributed by atoms with Crippen LogP contribution in [0.4, 0.5) is 11.4 Å². The lowest BCUT2D eigenvalue weighted by Crippen LogP contribution is -2.44. The third kappa shape index (κ3) is 5.53.